The Balaban J connectivity index is 1.46. The average Bonchev–Trinajstić information content (AvgIpc) is 3.30. The number of rotatable bonds is 6. The molecule has 0 aliphatic carbocycles. The van der Waals surface area contributed by atoms with Gasteiger partial charge in [-0.3, -0.25) is 10.1 Å². The van der Waals surface area contributed by atoms with Gasteiger partial charge < -0.3 is 23.9 Å². The second-order valence-electron chi connectivity index (χ2n) is 6.78. The monoisotopic (exact) mass is 466 g/mol. The average molecular weight is 467 g/mol. The molecule has 0 atom stereocenters. The molecule has 0 unspecified atom stereocenters. The van der Waals surface area contributed by atoms with Gasteiger partial charge in [0.1, 0.15) is 34.1 Å². The zero-order valence-electron chi connectivity index (χ0n) is 17.7. The Hall–Kier alpha value is -4.17. The first kappa shape index (κ1) is 22.0. The molecule has 2 N–H and O–H groups in total. The number of fused-ring (bicyclic) bond motifs is 1. The molecule has 0 saturated carbocycles. The first-order valence-corrected chi connectivity index (χ1v) is 10.1. The van der Waals surface area contributed by atoms with Crippen molar-refractivity contribution in [2.45, 2.75) is 0 Å². The zero-order chi connectivity index (χ0) is 23.4. The largest absolute Gasteiger partial charge is 0.496 e. The van der Waals surface area contributed by atoms with E-state index >= 15 is 0 Å². The quantitative estimate of drug-likeness (QED) is 0.369. The summed E-state index contributed by atoms with van der Waals surface area (Å²) in [4.78, 5) is 25.0. The van der Waals surface area contributed by atoms with Gasteiger partial charge in [0.25, 0.3) is 5.91 Å². The summed E-state index contributed by atoms with van der Waals surface area (Å²) in [7, 11) is 2.84. The number of nitrogens with one attached hydrogen (secondary N) is 2. The Morgan fingerprint density at radius 1 is 0.879 bits per heavy atom. The highest BCUT2D eigenvalue weighted by molar-refractivity contribution is 6.32. The lowest BCUT2D eigenvalue weighted by Crippen LogP contribution is -2.34. The lowest BCUT2D eigenvalue weighted by Gasteiger charge is -2.13. The summed E-state index contributed by atoms with van der Waals surface area (Å²) in [5.74, 6) is 0.846. The van der Waals surface area contributed by atoms with E-state index in [-0.39, 0.29) is 22.1 Å². The van der Waals surface area contributed by atoms with Gasteiger partial charge in [-0.2, -0.15) is 0 Å². The second kappa shape index (κ2) is 9.54. The molecule has 4 aromatic rings. The summed E-state index contributed by atoms with van der Waals surface area (Å²) in [6.07, 6.45) is 1.58. The summed E-state index contributed by atoms with van der Waals surface area (Å²) < 4.78 is 21.7. The van der Waals surface area contributed by atoms with Gasteiger partial charge in [-0.05, 0) is 48.5 Å². The minimum Gasteiger partial charge on any atom is -0.496 e. The Bertz CT molecular complexity index is 1310. The third kappa shape index (κ3) is 4.70. The van der Waals surface area contributed by atoms with Gasteiger partial charge in [-0.25, -0.2) is 4.79 Å². The van der Waals surface area contributed by atoms with Crippen molar-refractivity contribution in [3.05, 3.63) is 77.5 Å². The number of methoxy groups -OCH3 is 2. The predicted octanol–water partition coefficient (Wildman–Crippen LogP) is 5.86. The highest BCUT2D eigenvalue weighted by atomic mass is 35.5. The van der Waals surface area contributed by atoms with Gasteiger partial charge in [0.05, 0.1) is 30.9 Å². The van der Waals surface area contributed by atoms with Crippen molar-refractivity contribution in [1.29, 1.82) is 0 Å². The zero-order valence-corrected chi connectivity index (χ0v) is 18.4. The minimum atomic E-state index is -0.749. The fourth-order valence-corrected chi connectivity index (χ4v) is 3.46. The molecule has 168 valence electrons. The molecule has 33 heavy (non-hydrogen) atoms. The van der Waals surface area contributed by atoms with Crippen LogP contribution in [0, 0.1) is 0 Å². The fourth-order valence-electron chi connectivity index (χ4n) is 3.24. The van der Waals surface area contributed by atoms with Crippen molar-refractivity contribution in [2.24, 2.45) is 0 Å². The molecule has 4 rings (SSSR count). The number of carbonyl (C=O) groups excluding carboxylic acids is 2. The summed E-state index contributed by atoms with van der Waals surface area (Å²) in [6, 6.07) is 16.1. The molecule has 1 aromatic heterocycles. The van der Waals surface area contributed by atoms with Crippen molar-refractivity contribution in [2.75, 3.05) is 19.5 Å². The van der Waals surface area contributed by atoms with Crippen molar-refractivity contribution in [3.8, 4) is 23.0 Å². The van der Waals surface area contributed by atoms with Gasteiger partial charge in [-0.15, -0.1) is 0 Å². The Kier molecular flexibility index (Phi) is 6.37. The molecular formula is C24H19ClN2O6. The topological polar surface area (TPSA) is 99.0 Å². The van der Waals surface area contributed by atoms with E-state index in [0.29, 0.717) is 22.8 Å². The SMILES string of the molecule is COc1cccc(OC)c1C(=O)NC(=O)Nc1ccc(Oc2cccc3occc23)c(Cl)c1. The molecule has 0 aliphatic rings. The number of carbonyl (C=O) groups is 2. The maximum atomic E-state index is 12.6. The van der Waals surface area contributed by atoms with Crippen LogP contribution in [0.15, 0.2) is 71.3 Å². The molecular weight excluding hydrogens is 448 g/mol. The molecule has 0 saturated heterocycles. The lowest BCUT2D eigenvalue weighted by molar-refractivity contribution is 0.0961. The van der Waals surface area contributed by atoms with Crippen molar-refractivity contribution < 1.29 is 28.2 Å². The van der Waals surface area contributed by atoms with Crippen LogP contribution in [0.4, 0.5) is 10.5 Å². The number of halogens is 1. The van der Waals surface area contributed by atoms with Gasteiger partial charge in [0.15, 0.2) is 0 Å². The smallest absolute Gasteiger partial charge is 0.326 e. The summed E-state index contributed by atoms with van der Waals surface area (Å²) in [5.41, 5.74) is 1.16. The van der Waals surface area contributed by atoms with E-state index in [4.69, 9.17) is 30.2 Å². The van der Waals surface area contributed by atoms with E-state index in [1.54, 1.807) is 48.7 Å². The van der Waals surface area contributed by atoms with Crippen LogP contribution in [0.3, 0.4) is 0 Å². The first-order valence-electron chi connectivity index (χ1n) is 9.77. The van der Waals surface area contributed by atoms with Gasteiger partial charge in [0.2, 0.25) is 0 Å². The van der Waals surface area contributed by atoms with Crippen LogP contribution in [-0.2, 0) is 0 Å². The highest BCUT2D eigenvalue weighted by Crippen LogP contribution is 2.35. The summed E-state index contributed by atoms with van der Waals surface area (Å²) in [6.45, 7) is 0. The Morgan fingerprint density at radius 2 is 1.58 bits per heavy atom. The van der Waals surface area contributed by atoms with E-state index in [2.05, 4.69) is 10.6 Å². The van der Waals surface area contributed by atoms with E-state index in [9.17, 15) is 9.59 Å². The third-order valence-corrected chi connectivity index (χ3v) is 5.04. The van der Waals surface area contributed by atoms with Crippen LogP contribution in [-0.4, -0.2) is 26.2 Å². The second-order valence-corrected chi connectivity index (χ2v) is 7.19. The molecule has 0 radical (unpaired) electrons. The molecule has 3 aromatic carbocycles. The molecule has 3 amide bonds. The number of hydrogen-bond acceptors (Lipinski definition) is 6. The number of hydrogen-bond donors (Lipinski definition) is 2. The Labute approximate surface area is 194 Å². The number of urea groups is 1. The summed E-state index contributed by atoms with van der Waals surface area (Å²) >= 11 is 6.35. The van der Waals surface area contributed by atoms with Crippen molar-refractivity contribution >= 4 is 40.2 Å². The van der Waals surface area contributed by atoms with Crippen LogP contribution in [0.5, 0.6) is 23.0 Å². The molecule has 8 nitrogen and oxygen atoms in total. The van der Waals surface area contributed by atoms with E-state index in [1.165, 1.54) is 20.3 Å². The van der Waals surface area contributed by atoms with Crippen LogP contribution < -0.4 is 24.8 Å². The lowest BCUT2D eigenvalue weighted by atomic mass is 10.1. The third-order valence-electron chi connectivity index (χ3n) is 4.75. The van der Waals surface area contributed by atoms with Crippen LogP contribution in [0.1, 0.15) is 10.4 Å². The highest BCUT2D eigenvalue weighted by Gasteiger charge is 2.20. The minimum absolute atomic E-state index is 0.104. The number of imide groups is 1. The number of anilines is 1. The molecule has 0 aliphatic heterocycles. The Morgan fingerprint density at radius 3 is 2.27 bits per heavy atom. The number of benzene rings is 3. The molecule has 1 heterocycles. The van der Waals surface area contributed by atoms with Crippen LogP contribution in [0.2, 0.25) is 5.02 Å². The molecule has 0 fully saturated rings. The van der Waals surface area contributed by atoms with Gasteiger partial charge in [-0.1, -0.05) is 23.7 Å². The van der Waals surface area contributed by atoms with Gasteiger partial charge >= 0.3 is 6.03 Å². The van der Waals surface area contributed by atoms with Crippen LogP contribution in [0.25, 0.3) is 11.0 Å². The number of amides is 3. The summed E-state index contributed by atoms with van der Waals surface area (Å²) in [5, 5.41) is 5.89. The maximum absolute atomic E-state index is 12.6. The number of furan rings is 1. The number of ether oxygens (including phenoxy) is 3. The molecule has 0 bridgehead atoms. The normalized spacial score (nSPS) is 10.5. The van der Waals surface area contributed by atoms with Crippen molar-refractivity contribution in [1.82, 2.24) is 5.32 Å². The standard InChI is InChI=1S/C24H19ClN2O6/c1-30-20-7-4-8-21(31-2)22(20)23(28)27-24(29)26-14-9-10-19(16(25)13-14)33-18-6-3-5-17-15(18)11-12-32-17/h3-13H,1-2H3,(H2,26,27,28,29). The van der Waals surface area contributed by atoms with Gasteiger partial charge in [0, 0.05) is 5.69 Å². The molecule has 0 spiro atoms. The van der Waals surface area contributed by atoms with Crippen molar-refractivity contribution in [3.63, 3.8) is 0 Å². The van der Waals surface area contributed by atoms with E-state index in [1.807, 2.05) is 12.1 Å². The maximum Gasteiger partial charge on any atom is 0.326 e. The van der Waals surface area contributed by atoms with E-state index < -0.39 is 11.9 Å². The predicted molar refractivity (Wildman–Crippen MR) is 124 cm³/mol. The molecule has 9 heteroatoms. The fraction of sp³-hybridized carbons (Fsp3) is 0.0833. The van der Waals surface area contributed by atoms with E-state index in [0.717, 1.165) is 5.39 Å². The first-order chi connectivity index (χ1) is 16.0. The van der Waals surface area contributed by atoms with Crippen LogP contribution >= 0.6 is 11.6 Å².